The lowest BCUT2D eigenvalue weighted by Crippen LogP contribution is -2.27. The van der Waals surface area contributed by atoms with Gasteiger partial charge in [0.1, 0.15) is 12.9 Å². The zero-order valence-corrected chi connectivity index (χ0v) is 9.72. The van der Waals surface area contributed by atoms with Crippen LogP contribution >= 0.6 is 0 Å². The van der Waals surface area contributed by atoms with Gasteiger partial charge in [0, 0.05) is 17.7 Å². The predicted octanol–water partition coefficient (Wildman–Crippen LogP) is -0.269. The molecule has 0 aromatic heterocycles. The summed E-state index contributed by atoms with van der Waals surface area (Å²) in [6, 6.07) is 6.00. The Kier molecular flexibility index (Phi) is 5.53. The zero-order valence-electron chi connectivity index (χ0n) is 9.72. The number of benzene rings is 1. The van der Waals surface area contributed by atoms with Crippen LogP contribution < -0.4 is 11.1 Å². The van der Waals surface area contributed by atoms with Crippen molar-refractivity contribution in [3.8, 4) is 0 Å². The molecule has 18 heavy (non-hydrogen) atoms. The molecule has 0 atom stereocenters. The van der Waals surface area contributed by atoms with Crippen LogP contribution in [0.4, 0.5) is 0 Å². The number of nitrogens with two attached hydrogens (primary N) is 1. The van der Waals surface area contributed by atoms with Crippen LogP contribution in [0.3, 0.4) is 0 Å². The molecule has 3 N–H and O–H groups in total. The van der Waals surface area contributed by atoms with Gasteiger partial charge in [0.15, 0.2) is 0 Å². The molecule has 0 heterocycles. The summed E-state index contributed by atoms with van der Waals surface area (Å²) in [5, 5.41) is 2.61. The van der Waals surface area contributed by atoms with Gasteiger partial charge in [-0.1, -0.05) is 0 Å². The minimum atomic E-state index is -0.538. The fourth-order valence-corrected chi connectivity index (χ4v) is 1.26. The van der Waals surface area contributed by atoms with Crippen molar-refractivity contribution in [1.82, 2.24) is 5.32 Å². The Morgan fingerprint density at radius 3 is 2.39 bits per heavy atom. The highest BCUT2D eigenvalue weighted by molar-refractivity contribution is 5.97. The Labute approximate surface area is 104 Å². The average molecular weight is 250 g/mol. The van der Waals surface area contributed by atoms with Crippen molar-refractivity contribution in [2.45, 2.75) is 0 Å². The summed E-state index contributed by atoms with van der Waals surface area (Å²) in [5.41, 5.74) is 5.86. The standard InChI is InChI=1S/C12H14N2O4/c13-11(16)9-1-3-10(4-2-9)12(17)14-5-7-18-8-6-15/h1-4,6H,5,7-8H2,(H2,13,16)(H,14,17). The lowest BCUT2D eigenvalue weighted by molar-refractivity contribution is -0.111. The summed E-state index contributed by atoms with van der Waals surface area (Å²) in [5.74, 6) is -0.815. The first-order valence-corrected chi connectivity index (χ1v) is 5.34. The van der Waals surface area contributed by atoms with E-state index in [9.17, 15) is 14.4 Å². The Bertz CT molecular complexity index is 428. The Hall–Kier alpha value is -2.21. The van der Waals surface area contributed by atoms with Gasteiger partial charge >= 0.3 is 0 Å². The molecular formula is C12H14N2O4. The van der Waals surface area contributed by atoms with Gasteiger partial charge in [-0.3, -0.25) is 9.59 Å². The molecule has 0 radical (unpaired) electrons. The second-order valence-electron chi connectivity index (χ2n) is 3.44. The Morgan fingerprint density at radius 2 is 1.83 bits per heavy atom. The number of ether oxygens (including phenoxy) is 1. The summed E-state index contributed by atoms with van der Waals surface area (Å²) >= 11 is 0. The zero-order chi connectivity index (χ0) is 13.4. The van der Waals surface area contributed by atoms with Crippen molar-refractivity contribution < 1.29 is 19.1 Å². The fraction of sp³-hybridized carbons (Fsp3) is 0.250. The molecule has 6 heteroatoms. The van der Waals surface area contributed by atoms with Crippen LogP contribution in [0, 0.1) is 0 Å². The average Bonchev–Trinajstić information content (AvgIpc) is 2.38. The maximum absolute atomic E-state index is 11.6. The maximum atomic E-state index is 11.6. The van der Waals surface area contributed by atoms with Crippen LogP contribution in [0.5, 0.6) is 0 Å². The molecule has 0 aliphatic carbocycles. The number of carbonyl (C=O) groups is 3. The van der Waals surface area contributed by atoms with Crippen molar-refractivity contribution in [2.75, 3.05) is 19.8 Å². The normalized spacial score (nSPS) is 9.78. The highest BCUT2D eigenvalue weighted by Crippen LogP contribution is 2.03. The fourth-order valence-electron chi connectivity index (χ4n) is 1.26. The van der Waals surface area contributed by atoms with E-state index in [-0.39, 0.29) is 19.1 Å². The second-order valence-corrected chi connectivity index (χ2v) is 3.44. The maximum Gasteiger partial charge on any atom is 0.251 e. The third-order valence-corrected chi connectivity index (χ3v) is 2.15. The van der Waals surface area contributed by atoms with Gasteiger partial charge in [-0.2, -0.15) is 0 Å². The SMILES string of the molecule is NC(=O)c1ccc(C(=O)NCCOCC=O)cc1. The van der Waals surface area contributed by atoms with Crippen LogP contribution in [-0.4, -0.2) is 37.9 Å². The third-order valence-electron chi connectivity index (χ3n) is 2.15. The molecule has 2 amide bonds. The predicted molar refractivity (Wildman–Crippen MR) is 64.2 cm³/mol. The molecule has 6 nitrogen and oxygen atoms in total. The number of carbonyl (C=O) groups excluding carboxylic acids is 3. The Morgan fingerprint density at radius 1 is 1.22 bits per heavy atom. The first-order valence-electron chi connectivity index (χ1n) is 5.34. The smallest absolute Gasteiger partial charge is 0.251 e. The first kappa shape index (κ1) is 13.9. The highest BCUT2D eigenvalue weighted by Gasteiger charge is 2.06. The molecule has 1 aromatic carbocycles. The van der Waals surface area contributed by atoms with Gasteiger partial charge in [0.2, 0.25) is 5.91 Å². The molecule has 96 valence electrons. The molecule has 0 aliphatic rings. The first-order chi connectivity index (χ1) is 8.65. The molecule has 0 saturated heterocycles. The summed E-state index contributed by atoms with van der Waals surface area (Å²) < 4.78 is 4.88. The van der Waals surface area contributed by atoms with Gasteiger partial charge in [0.25, 0.3) is 5.91 Å². The number of amides is 2. The molecule has 0 spiro atoms. The van der Waals surface area contributed by atoms with E-state index >= 15 is 0 Å². The topological polar surface area (TPSA) is 98.5 Å². The van der Waals surface area contributed by atoms with E-state index in [0.29, 0.717) is 24.0 Å². The molecule has 0 saturated carbocycles. The molecule has 0 unspecified atom stereocenters. The van der Waals surface area contributed by atoms with Crippen molar-refractivity contribution in [3.05, 3.63) is 35.4 Å². The van der Waals surface area contributed by atoms with Gasteiger partial charge in [0.05, 0.1) is 6.61 Å². The molecular weight excluding hydrogens is 236 g/mol. The molecule has 0 aliphatic heterocycles. The van der Waals surface area contributed by atoms with E-state index in [2.05, 4.69) is 5.32 Å². The number of hydrogen-bond acceptors (Lipinski definition) is 4. The molecule has 1 rings (SSSR count). The summed E-state index contributed by atoms with van der Waals surface area (Å²) in [4.78, 5) is 32.4. The number of hydrogen-bond donors (Lipinski definition) is 2. The quantitative estimate of drug-likeness (QED) is 0.514. The summed E-state index contributed by atoms with van der Waals surface area (Å²) in [6.45, 7) is 0.595. The number of nitrogens with one attached hydrogen (secondary N) is 1. The van der Waals surface area contributed by atoms with E-state index < -0.39 is 5.91 Å². The van der Waals surface area contributed by atoms with Crippen molar-refractivity contribution in [3.63, 3.8) is 0 Å². The molecule has 0 bridgehead atoms. The largest absolute Gasteiger partial charge is 0.372 e. The third kappa shape index (κ3) is 4.34. The number of primary amides is 1. The van der Waals surface area contributed by atoms with E-state index in [1.54, 1.807) is 0 Å². The van der Waals surface area contributed by atoms with E-state index in [1.165, 1.54) is 24.3 Å². The monoisotopic (exact) mass is 250 g/mol. The summed E-state index contributed by atoms with van der Waals surface area (Å²) in [6.07, 6.45) is 0.643. The van der Waals surface area contributed by atoms with E-state index in [4.69, 9.17) is 10.5 Å². The molecule has 1 aromatic rings. The van der Waals surface area contributed by atoms with Crippen molar-refractivity contribution >= 4 is 18.1 Å². The van der Waals surface area contributed by atoms with Crippen LogP contribution in [0.25, 0.3) is 0 Å². The lowest BCUT2D eigenvalue weighted by atomic mass is 10.1. The number of aldehydes is 1. The molecule has 0 fully saturated rings. The van der Waals surface area contributed by atoms with Crippen LogP contribution in [0.2, 0.25) is 0 Å². The highest BCUT2D eigenvalue weighted by atomic mass is 16.5. The van der Waals surface area contributed by atoms with Gasteiger partial charge in [-0.25, -0.2) is 0 Å². The lowest BCUT2D eigenvalue weighted by Gasteiger charge is -2.05. The minimum absolute atomic E-state index is 0.0170. The van der Waals surface area contributed by atoms with E-state index in [1.807, 2.05) is 0 Å². The van der Waals surface area contributed by atoms with Gasteiger partial charge in [-0.15, -0.1) is 0 Å². The number of rotatable bonds is 7. The van der Waals surface area contributed by atoms with Gasteiger partial charge < -0.3 is 20.6 Å². The van der Waals surface area contributed by atoms with E-state index in [0.717, 1.165) is 0 Å². The Balaban J connectivity index is 2.41. The summed E-state index contributed by atoms with van der Waals surface area (Å²) in [7, 11) is 0. The van der Waals surface area contributed by atoms with Crippen LogP contribution in [0.15, 0.2) is 24.3 Å². The van der Waals surface area contributed by atoms with Crippen molar-refractivity contribution in [2.24, 2.45) is 5.73 Å². The van der Waals surface area contributed by atoms with Gasteiger partial charge in [-0.05, 0) is 24.3 Å². The van der Waals surface area contributed by atoms with Crippen LogP contribution in [0.1, 0.15) is 20.7 Å². The van der Waals surface area contributed by atoms with Crippen molar-refractivity contribution in [1.29, 1.82) is 0 Å². The van der Waals surface area contributed by atoms with Crippen LogP contribution in [-0.2, 0) is 9.53 Å². The minimum Gasteiger partial charge on any atom is -0.372 e. The second kappa shape index (κ2) is 7.18.